The van der Waals surface area contributed by atoms with Crippen LogP contribution in [-0.4, -0.2) is 54.8 Å². The molecule has 1 aromatic rings. The van der Waals surface area contributed by atoms with Crippen molar-refractivity contribution in [2.24, 2.45) is 11.8 Å². The summed E-state index contributed by atoms with van der Waals surface area (Å²) < 4.78 is 10.7. The first kappa shape index (κ1) is 21.0. The minimum Gasteiger partial charge on any atom is -0.497 e. The molecule has 0 aliphatic carbocycles. The molecule has 5 nitrogen and oxygen atoms in total. The van der Waals surface area contributed by atoms with Crippen LogP contribution < -0.4 is 4.74 Å². The third-order valence-corrected chi connectivity index (χ3v) is 5.85. The highest BCUT2D eigenvalue weighted by atomic mass is 16.6. The van der Waals surface area contributed by atoms with Gasteiger partial charge in [0.1, 0.15) is 11.4 Å². The first-order chi connectivity index (χ1) is 13.3. The molecule has 0 aromatic heterocycles. The average molecular weight is 389 g/mol. The first-order valence-electron chi connectivity index (χ1n) is 10.7. The highest BCUT2D eigenvalue weighted by Gasteiger charge is 2.30. The van der Waals surface area contributed by atoms with Gasteiger partial charge in [0.2, 0.25) is 0 Å². The quantitative estimate of drug-likeness (QED) is 0.717. The normalized spacial score (nSPS) is 19.4. The maximum atomic E-state index is 12.2. The topological polar surface area (TPSA) is 42.0 Å². The number of hydrogen-bond donors (Lipinski definition) is 0. The van der Waals surface area contributed by atoms with Gasteiger partial charge in [0.05, 0.1) is 7.11 Å². The van der Waals surface area contributed by atoms with Crippen LogP contribution in [0.4, 0.5) is 4.79 Å². The van der Waals surface area contributed by atoms with Gasteiger partial charge >= 0.3 is 6.09 Å². The van der Waals surface area contributed by atoms with Gasteiger partial charge in [-0.3, -0.25) is 4.90 Å². The Morgan fingerprint density at radius 3 is 2.21 bits per heavy atom. The summed E-state index contributed by atoms with van der Waals surface area (Å²) in [5.41, 5.74) is 0.948. The van der Waals surface area contributed by atoms with E-state index >= 15 is 0 Å². The maximum absolute atomic E-state index is 12.2. The zero-order valence-corrected chi connectivity index (χ0v) is 17.9. The van der Waals surface area contributed by atoms with Crippen molar-refractivity contribution in [3.8, 4) is 5.75 Å². The number of methoxy groups -OCH3 is 1. The largest absolute Gasteiger partial charge is 0.497 e. The van der Waals surface area contributed by atoms with Crippen LogP contribution in [0.15, 0.2) is 24.3 Å². The fraction of sp³-hybridized carbons (Fsp3) is 0.696. The number of carbonyl (C=O) groups excluding carboxylic acids is 1. The molecule has 2 aliphatic rings. The second-order valence-corrected chi connectivity index (χ2v) is 9.40. The van der Waals surface area contributed by atoms with E-state index in [1.54, 1.807) is 7.11 Å². The van der Waals surface area contributed by atoms with Crippen LogP contribution in [0.1, 0.15) is 52.0 Å². The molecule has 0 bridgehead atoms. The zero-order chi connectivity index (χ0) is 20.1. The van der Waals surface area contributed by atoms with Crippen LogP contribution in [0, 0.1) is 11.8 Å². The summed E-state index contributed by atoms with van der Waals surface area (Å²) in [5.74, 6) is 2.51. The van der Waals surface area contributed by atoms with Crippen molar-refractivity contribution in [3.05, 3.63) is 29.8 Å². The Kier molecular flexibility index (Phi) is 6.86. The summed E-state index contributed by atoms with van der Waals surface area (Å²) in [4.78, 5) is 16.6. The van der Waals surface area contributed by atoms with Crippen LogP contribution in [0.5, 0.6) is 5.75 Å². The third-order valence-electron chi connectivity index (χ3n) is 5.85. The number of likely N-dealkylation sites (tertiary alicyclic amines) is 2. The summed E-state index contributed by atoms with van der Waals surface area (Å²) in [7, 11) is 1.70. The van der Waals surface area contributed by atoms with Gasteiger partial charge in [0.15, 0.2) is 0 Å². The molecule has 1 amide bonds. The van der Waals surface area contributed by atoms with Gasteiger partial charge in [0, 0.05) is 32.7 Å². The Bertz CT molecular complexity index is 624. The number of piperidine rings is 1. The van der Waals surface area contributed by atoms with E-state index in [0.717, 1.165) is 50.1 Å². The Hall–Kier alpha value is -1.75. The summed E-state index contributed by atoms with van der Waals surface area (Å²) in [6.45, 7) is 10.9. The predicted octanol–water partition coefficient (Wildman–Crippen LogP) is 4.55. The van der Waals surface area contributed by atoms with Crippen LogP contribution in [0.3, 0.4) is 0 Å². The number of nitrogens with zero attached hydrogens (tertiary/aromatic N) is 2. The number of hydrogen-bond acceptors (Lipinski definition) is 4. The first-order valence-corrected chi connectivity index (χ1v) is 10.7. The second kappa shape index (κ2) is 9.17. The standard InChI is InChI=1S/C23H36N2O3/c1-23(2,3)28-22(26)25-13-11-18(12-14-25)5-6-20-16-24(17-20)15-19-7-9-21(27-4)10-8-19/h7-10,18,20H,5-6,11-17H2,1-4H3. The molecule has 3 rings (SSSR count). The van der Waals surface area contributed by atoms with Crippen molar-refractivity contribution in [2.45, 2.75) is 58.6 Å². The molecule has 5 heteroatoms. The van der Waals surface area contributed by atoms with E-state index in [2.05, 4.69) is 17.0 Å². The van der Waals surface area contributed by atoms with Crippen molar-refractivity contribution >= 4 is 6.09 Å². The molecule has 0 atom stereocenters. The second-order valence-electron chi connectivity index (χ2n) is 9.40. The summed E-state index contributed by atoms with van der Waals surface area (Å²) in [5, 5.41) is 0. The maximum Gasteiger partial charge on any atom is 0.410 e. The SMILES string of the molecule is COc1ccc(CN2CC(CCC3CCN(C(=O)OC(C)(C)C)CC3)C2)cc1. The molecule has 1 aromatic carbocycles. The van der Waals surface area contributed by atoms with Crippen molar-refractivity contribution in [2.75, 3.05) is 33.3 Å². The lowest BCUT2D eigenvalue weighted by molar-refractivity contribution is 0.0171. The van der Waals surface area contributed by atoms with Crippen LogP contribution in [0.25, 0.3) is 0 Å². The molecule has 0 spiro atoms. The number of ether oxygens (including phenoxy) is 2. The number of benzene rings is 1. The van der Waals surface area contributed by atoms with Gasteiger partial charge in [-0.05, 0) is 76.0 Å². The van der Waals surface area contributed by atoms with E-state index in [1.165, 1.54) is 31.5 Å². The van der Waals surface area contributed by atoms with E-state index < -0.39 is 5.60 Å². The zero-order valence-electron chi connectivity index (χ0n) is 17.9. The molecule has 0 unspecified atom stereocenters. The van der Waals surface area contributed by atoms with E-state index in [4.69, 9.17) is 9.47 Å². The van der Waals surface area contributed by atoms with Crippen molar-refractivity contribution < 1.29 is 14.3 Å². The van der Waals surface area contributed by atoms with Gasteiger partial charge < -0.3 is 14.4 Å². The predicted molar refractivity (Wildman–Crippen MR) is 112 cm³/mol. The Balaban J connectivity index is 1.29. The minimum atomic E-state index is -0.407. The fourth-order valence-electron chi connectivity index (χ4n) is 4.18. The van der Waals surface area contributed by atoms with Crippen molar-refractivity contribution in [1.82, 2.24) is 9.80 Å². The number of rotatable bonds is 6. The average Bonchev–Trinajstić information content (AvgIpc) is 2.63. The third kappa shape index (κ3) is 6.13. The van der Waals surface area contributed by atoms with Gasteiger partial charge in [-0.1, -0.05) is 12.1 Å². The molecular weight excluding hydrogens is 352 g/mol. The minimum absolute atomic E-state index is 0.154. The molecule has 2 fully saturated rings. The fourth-order valence-corrected chi connectivity index (χ4v) is 4.18. The molecule has 0 N–H and O–H groups in total. The van der Waals surface area contributed by atoms with Crippen LogP contribution >= 0.6 is 0 Å². The summed E-state index contributed by atoms with van der Waals surface area (Å²) in [6, 6.07) is 8.39. The highest BCUT2D eigenvalue weighted by molar-refractivity contribution is 5.68. The molecule has 156 valence electrons. The van der Waals surface area contributed by atoms with E-state index in [-0.39, 0.29) is 6.09 Å². The molecule has 2 aliphatic heterocycles. The van der Waals surface area contributed by atoms with Crippen molar-refractivity contribution in [3.63, 3.8) is 0 Å². The molecule has 0 radical (unpaired) electrons. The van der Waals surface area contributed by atoms with E-state index in [9.17, 15) is 4.79 Å². The lowest BCUT2D eigenvalue weighted by Gasteiger charge is -2.40. The Labute approximate surface area is 170 Å². The van der Waals surface area contributed by atoms with Gasteiger partial charge in [0.25, 0.3) is 0 Å². The molecular formula is C23H36N2O3. The molecule has 0 saturated carbocycles. The van der Waals surface area contributed by atoms with Crippen LogP contribution in [0.2, 0.25) is 0 Å². The van der Waals surface area contributed by atoms with E-state index in [0.29, 0.717) is 0 Å². The van der Waals surface area contributed by atoms with Crippen molar-refractivity contribution in [1.29, 1.82) is 0 Å². The van der Waals surface area contributed by atoms with Gasteiger partial charge in [-0.25, -0.2) is 4.79 Å². The summed E-state index contributed by atoms with van der Waals surface area (Å²) >= 11 is 0. The lowest BCUT2D eigenvalue weighted by Crippen LogP contribution is -2.46. The number of amides is 1. The monoisotopic (exact) mass is 388 g/mol. The molecule has 2 heterocycles. The Morgan fingerprint density at radius 1 is 1.04 bits per heavy atom. The highest BCUT2D eigenvalue weighted by Crippen LogP contribution is 2.29. The number of carbonyl (C=O) groups is 1. The van der Waals surface area contributed by atoms with E-state index in [1.807, 2.05) is 37.8 Å². The smallest absolute Gasteiger partial charge is 0.410 e. The lowest BCUT2D eigenvalue weighted by atomic mass is 9.86. The van der Waals surface area contributed by atoms with Gasteiger partial charge in [-0.15, -0.1) is 0 Å². The van der Waals surface area contributed by atoms with Crippen LogP contribution in [-0.2, 0) is 11.3 Å². The summed E-state index contributed by atoms with van der Waals surface area (Å²) in [6.07, 6.45) is 4.68. The molecule has 2 saturated heterocycles. The van der Waals surface area contributed by atoms with Gasteiger partial charge in [-0.2, -0.15) is 0 Å². The molecule has 28 heavy (non-hydrogen) atoms. The Morgan fingerprint density at radius 2 is 1.64 bits per heavy atom.